The molecular weight excluding hydrogens is 256 g/mol. The topological polar surface area (TPSA) is 58.6 Å². The first-order valence-electron chi connectivity index (χ1n) is 7.55. The van der Waals surface area contributed by atoms with E-state index in [1.807, 2.05) is 0 Å². The number of amides is 2. The van der Waals surface area contributed by atoms with Gasteiger partial charge in [0.2, 0.25) is 11.8 Å². The summed E-state index contributed by atoms with van der Waals surface area (Å²) in [7, 11) is 1.76. The van der Waals surface area contributed by atoms with Gasteiger partial charge in [0.15, 0.2) is 0 Å². The molecule has 1 saturated heterocycles. The van der Waals surface area contributed by atoms with Crippen LogP contribution >= 0.6 is 0 Å². The lowest BCUT2D eigenvalue weighted by Gasteiger charge is -2.28. The molecule has 2 amide bonds. The summed E-state index contributed by atoms with van der Waals surface area (Å²) in [6.07, 6.45) is 4.11. The third-order valence-electron chi connectivity index (χ3n) is 3.81. The predicted molar refractivity (Wildman–Crippen MR) is 78.3 cm³/mol. The van der Waals surface area contributed by atoms with Crippen molar-refractivity contribution < 1.29 is 14.3 Å². The molecule has 0 aromatic heterocycles. The summed E-state index contributed by atoms with van der Waals surface area (Å²) in [6.45, 7) is 7.40. The van der Waals surface area contributed by atoms with Crippen LogP contribution < -0.4 is 5.32 Å². The number of rotatable bonds is 7. The molecule has 0 bridgehead atoms. The van der Waals surface area contributed by atoms with Crippen LogP contribution in [0.2, 0.25) is 0 Å². The Balaban J connectivity index is 2.47. The zero-order valence-corrected chi connectivity index (χ0v) is 13.2. The molecule has 1 fully saturated rings. The van der Waals surface area contributed by atoms with Crippen molar-refractivity contribution in [1.82, 2.24) is 10.2 Å². The van der Waals surface area contributed by atoms with Gasteiger partial charge in [0.05, 0.1) is 6.10 Å². The molecule has 1 N–H and O–H groups in total. The molecule has 0 saturated carbocycles. The standard InChI is InChI=1S/C15H28N2O3/c1-5-6-9-17(4)14(19)15(2,3)13(18)16-11-12-8-7-10-20-12/h12H,5-11H2,1-4H3,(H,16,18). The van der Waals surface area contributed by atoms with Crippen LogP contribution in [-0.4, -0.2) is 49.6 Å². The van der Waals surface area contributed by atoms with Crippen LogP contribution in [0.5, 0.6) is 0 Å². The fourth-order valence-corrected chi connectivity index (χ4v) is 2.30. The van der Waals surface area contributed by atoms with E-state index in [-0.39, 0.29) is 17.9 Å². The Morgan fingerprint density at radius 3 is 2.65 bits per heavy atom. The summed E-state index contributed by atoms with van der Waals surface area (Å²) in [5.74, 6) is -0.350. The smallest absolute Gasteiger partial charge is 0.237 e. The van der Waals surface area contributed by atoms with Crippen LogP contribution in [0.3, 0.4) is 0 Å². The van der Waals surface area contributed by atoms with Gasteiger partial charge in [-0.2, -0.15) is 0 Å². The maximum atomic E-state index is 12.3. The van der Waals surface area contributed by atoms with E-state index in [1.54, 1.807) is 25.8 Å². The maximum absolute atomic E-state index is 12.3. The van der Waals surface area contributed by atoms with Crippen molar-refractivity contribution in [1.29, 1.82) is 0 Å². The maximum Gasteiger partial charge on any atom is 0.237 e. The lowest BCUT2D eigenvalue weighted by molar-refractivity contribution is -0.147. The van der Waals surface area contributed by atoms with Crippen LogP contribution in [0.1, 0.15) is 46.5 Å². The van der Waals surface area contributed by atoms with Crippen LogP contribution in [0, 0.1) is 5.41 Å². The van der Waals surface area contributed by atoms with Gasteiger partial charge in [-0.3, -0.25) is 9.59 Å². The van der Waals surface area contributed by atoms with Gasteiger partial charge in [0, 0.05) is 26.7 Å². The summed E-state index contributed by atoms with van der Waals surface area (Å²) >= 11 is 0. The highest BCUT2D eigenvalue weighted by atomic mass is 16.5. The highest BCUT2D eigenvalue weighted by Gasteiger charge is 2.38. The summed E-state index contributed by atoms with van der Waals surface area (Å²) in [6, 6.07) is 0. The molecule has 1 rings (SSSR count). The average molecular weight is 284 g/mol. The number of carbonyl (C=O) groups is 2. The molecule has 1 aliphatic rings. The zero-order valence-electron chi connectivity index (χ0n) is 13.2. The molecule has 0 aromatic carbocycles. The minimum absolute atomic E-state index is 0.0997. The first-order chi connectivity index (χ1) is 9.39. The fraction of sp³-hybridized carbons (Fsp3) is 0.867. The molecule has 0 aliphatic carbocycles. The van der Waals surface area contributed by atoms with Gasteiger partial charge in [-0.05, 0) is 33.1 Å². The number of nitrogens with one attached hydrogen (secondary N) is 1. The number of nitrogens with zero attached hydrogens (tertiary/aromatic N) is 1. The van der Waals surface area contributed by atoms with Gasteiger partial charge in [-0.25, -0.2) is 0 Å². The lowest BCUT2D eigenvalue weighted by Crippen LogP contribution is -2.49. The van der Waals surface area contributed by atoms with Gasteiger partial charge in [-0.15, -0.1) is 0 Å². The van der Waals surface area contributed by atoms with Gasteiger partial charge in [0.1, 0.15) is 5.41 Å². The number of unbranched alkanes of at least 4 members (excludes halogenated alkanes) is 1. The van der Waals surface area contributed by atoms with Crippen molar-refractivity contribution in [3.05, 3.63) is 0 Å². The largest absolute Gasteiger partial charge is 0.376 e. The van der Waals surface area contributed by atoms with Gasteiger partial charge in [-0.1, -0.05) is 13.3 Å². The zero-order chi connectivity index (χ0) is 15.2. The Labute approximate surface area is 122 Å². The van der Waals surface area contributed by atoms with Crippen LogP contribution in [-0.2, 0) is 14.3 Å². The molecule has 1 unspecified atom stereocenters. The second-order valence-electron chi connectivity index (χ2n) is 6.05. The van der Waals surface area contributed by atoms with Crippen molar-refractivity contribution in [3.8, 4) is 0 Å². The molecule has 20 heavy (non-hydrogen) atoms. The molecule has 5 nitrogen and oxygen atoms in total. The molecule has 0 aromatic rings. The lowest BCUT2D eigenvalue weighted by atomic mass is 9.90. The minimum Gasteiger partial charge on any atom is -0.376 e. The highest BCUT2D eigenvalue weighted by molar-refractivity contribution is 6.04. The molecule has 0 spiro atoms. The highest BCUT2D eigenvalue weighted by Crippen LogP contribution is 2.19. The summed E-state index contributed by atoms with van der Waals surface area (Å²) in [4.78, 5) is 26.2. The second-order valence-corrected chi connectivity index (χ2v) is 6.05. The van der Waals surface area contributed by atoms with E-state index >= 15 is 0 Å². The minimum atomic E-state index is -1.03. The Bertz CT molecular complexity index is 336. The number of carbonyl (C=O) groups excluding carboxylic acids is 2. The quantitative estimate of drug-likeness (QED) is 0.722. The Morgan fingerprint density at radius 1 is 1.40 bits per heavy atom. The van der Waals surface area contributed by atoms with Crippen LogP contribution in [0.15, 0.2) is 0 Å². The van der Waals surface area contributed by atoms with Crippen LogP contribution in [0.4, 0.5) is 0 Å². The normalized spacial score (nSPS) is 18.9. The van der Waals surface area contributed by atoms with E-state index in [0.717, 1.165) is 32.3 Å². The third-order valence-corrected chi connectivity index (χ3v) is 3.81. The monoisotopic (exact) mass is 284 g/mol. The Morgan fingerprint density at radius 2 is 2.10 bits per heavy atom. The first-order valence-corrected chi connectivity index (χ1v) is 7.55. The van der Waals surface area contributed by atoms with Crippen molar-refractivity contribution in [2.75, 3.05) is 26.7 Å². The van der Waals surface area contributed by atoms with Crippen molar-refractivity contribution in [2.45, 2.75) is 52.6 Å². The summed E-state index contributed by atoms with van der Waals surface area (Å²) in [5.41, 5.74) is -1.03. The summed E-state index contributed by atoms with van der Waals surface area (Å²) < 4.78 is 5.47. The molecule has 1 heterocycles. The molecular formula is C15H28N2O3. The number of ether oxygens (including phenoxy) is 1. The molecule has 1 atom stereocenters. The number of hydrogen-bond donors (Lipinski definition) is 1. The molecule has 5 heteroatoms. The van der Waals surface area contributed by atoms with Gasteiger partial charge in [0.25, 0.3) is 0 Å². The fourth-order valence-electron chi connectivity index (χ4n) is 2.30. The third kappa shape index (κ3) is 4.47. The van der Waals surface area contributed by atoms with E-state index in [9.17, 15) is 9.59 Å². The van der Waals surface area contributed by atoms with Crippen LogP contribution in [0.25, 0.3) is 0 Å². The van der Waals surface area contributed by atoms with Crippen molar-refractivity contribution in [2.24, 2.45) is 5.41 Å². The average Bonchev–Trinajstić information content (AvgIpc) is 2.94. The van der Waals surface area contributed by atoms with Gasteiger partial charge >= 0.3 is 0 Å². The van der Waals surface area contributed by atoms with Gasteiger partial charge < -0.3 is 15.0 Å². The Kier molecular flexibility index (Phi) is 6.46. The predicted octanol–water partition coefficient (Wildman–Crippen LogP) is 1.57. The van der Waals surface area contributed by atoms with E-state index < -0.39 is 5.41 Å². The first kappa shape index (κ1) is 17.0. The van der Waals surface area contributed by atoms with E-state index in [0.29, 0.717) is 13.1 Å². The van der Waals surface area contributed by atoms with E-state index in [4.69, 9.17) is 4.74 Å². The molecule has 116 valence electrons. The molecule has 1 aliphatic heterocycles. The molecule has 0 radical (unpaired) electrons. The SMILES string of the molecule is CCCCN(C)C(=O)C(C)(C)C(=O)NCC1CCCO1. The number of hydrogen-bond acceptors (Lipinski definition) is 3. The van der Waals surface area contributed by atoms with E-state index in [2.05, 4.69) is 12.2 Å². The van der Waals surface area contributed by atoms with Crippen molar-refractivity contribution in [3.63, 3.8) is 0 Å². The Hall–Kier alpha value is -1.10. The summed E-state index contributed by atoms with van der Waals surface area (Å²) in [5, 5.41) is 2.85. The van der Waals surface area contributed by atoms with Crippen molar-refractivity contribution >= 4 is 11.8 Å². The second kappa shape index (κ2) is 7.62. The van der Waals surface area contributed by atoms with E-state index in [1.165, 1.54) is 0 Å².